The standard InChI is InChI=1S/C9H11N3O5.2C8H17.Sn/c10-5-1-2-12(9(16)11-5)8-7(15)6(14)4(3-13)17-8;2*1-3-5-7-8-6-4-2;/h1-2,4,6-8,13H,3H2,(H2,10,11,16);2*1,3-8H2,2H3;/q-2;;;+2. The first-order valence-corrected chi connectivity index (χ1v) is 19.9. The molecule has 0 amide bonds. The van der Waals surface area contributed by atoms with E-state index >= 15 is 0 Å². The first-order valence-electron chi connectivity index (χ1n) is 13.5. The number of nitrogen functional groups attached to an aromatic ring is 1. The van der Waals surface area contributed by atoms with E-state index in [1.807, 2.05) is 0 Å². The van der Waals surface area contributed by atoms with E-state index in [1.54, 1.807) is 12.3 Å². The second kappa shape index (κ2) is 14.2. The molecule has 4 atom stereocenters. The quantitative estimate of drug-likeness (QED) is 0.214. The van der Waals surface area contributed by atoms with Crippen LogP contribution in [0.4, 0.5) is 5.82 Å². The van der Waals surface area contributed by atoms with E-state index in [0.29, 0.717) is 0 Å². The van der Waals surface area contributed by atoms with E-state index in [4.69, 9.17) is 16.6 Å². The van der Waals surface area contributed by atoms with Crippen molar-refractivity contribution in [1.82, 2.24) is 9.55 Å². The molecular formula is C25H45N3O5Sn. The summed E-state index contributed by atoms with van der Waals surface area (Å²) in [6, 6.07) is 1.59. The summed E-state index contributed by atoms with van der Waals surface area (Å²) in [5.41, 5.74) is 5.21. The zero-order chi connectivity index (χ0) is 24.4. The van der Waals surface area contributed by atoms with E-state index in [-0.39, 0.29) is 24.6 Å². The molecule has 2 saturated heterocycles. The van der Waals surface area contributed by atoms with Crippen molar-refractivity contribution in [3.05, 3.63) is 22.7 Å². The topological polar surface area (TPSA) is 109 Å². The Kier molecular flexibility index (Phi) is 11.6. The third kappa shape index (κ3) is 7.41. The summed E-state index contributed by atoms with van der Waals surface area (Å²) in [4.78, 5) is 16.4. The summed E-state index contributed by atoms with van der Waals surface area (Å²) in [5.74, 6) is 0.178. The predicted octanol–water partition coefficient (Wildman–Crippen LogP) is 4.66. The van der Waals surface area contributed by atoms with Gasteiger partial charge in [-0.1, -0.05) is 0 Å². The van der Waals surface area contributed by atoms with Crippen LogP contribution in [0.15, 0.2) is 17.1 Å². The normalized spacial score (nSPS) is 25.6. The zero-order valence-corrected chi connectivity index (χ0v) is 24.0. The van der Waals surface area contributed by atoms with Gasteiger partial charge in [0.1, 0.15) is 0 Å². The van der Waals surface area contributed by atoms with E-state index in [9.17, 15) is 9.90 Å². The van der Waals surface area contributed by atoms with Gasteiger partial charge in [-0.3, -0.25) is 0 Å². The Morgan fingerprint density at radius 1 is 0.941 bits per heavy atom. The van der Waals surface area contributed by atoms with Crippen LogP contribution in [-0.2, 0) is 10.9 Å². The number of anilines is 1. The molecule has 0 aromatic carbocycles. The fourth-order valence-corrected chi connectivity index (χ4v) is 16.3. The second-order valence-corrected chi connectivity index (χ2v) is 19.3. The number of nitrogens with zero attached hydrogens (tertiary/aromatic N) is 2. The molecular weight excluding hydrogens is 541 g/mol. The van der Waals surface area contributed by atoms with E-state index in [2.05, 4.69) is 18.8 Å². The summed E-state index contributed by atoms with van der Waals surface area (Å²) >= 11 is -3.39. The number of rotatable bonds is 16. The SMILES string of the molecule is CCCCCCC[CH2][Sn]1([CH2]CCCCCCC)[O]C2C(CO)OC(n3ccc(N)nc3=O)C2[O]1. The molecule has 9 heteroatoms. The zero-order valence-electron chi connectivity index (χ0n) is 21.1. The Balaban J connectivity index is 1.69. The number of aromatic nitrogens is 2. The van der Waals surface area contributed by atoms with Gasteiger partial charge in [0.05, 0.1) is 0 Å². The Morgan fingerprint density at radius 2 is 1.50 bits per heavy atom. The Hall–Kier alpha value is -0.681. The molecule has 4 unspecified atom stereocenters. The van der Waals surface area contributed by atoms with Gasteiger partial charge < -0.3 is 0 Å². The van der Waals surface area contributed by atoms with Gasteiger partial charge >= 0.3 is 210 Å². The van der Waals surface area contributed by atoms with Gasteiger partial charge in [-0.25, -0.2) is 0 Å². The van der Waals surface area contributed by atoms with Crippen molar-refractivity contribution in [2.24, 2.45) is 0 Å². The third-order valence-corrected chi connectivity index (χ3v) is 17.5. The fourth-order valence-electron chi connectivity index (χ4n) is 5.20. The number of hydrogen-bond donors (Lipinski definition) is 2. The van der Waals surface area contributed by atoms with Crippen LogP contribution in [-0.4, -0.2) is 58.8 Å². The minimum absolute atomic E-state index is 0.159. The Labute approximate surface area is 209 Å². The van der Waals surface area contributed by atoms with Crippen molar-refractivity contribution in [3.63, 3.8) is 0 Å². The first-order chi connectivity index (χ1) is 16.5. The molecule has 0 bridgehead atoms. The van der Waals surface area contributed by atoms with Crippen molar-refractivity contribution in [3.8, 4) is 0 Å². The molecule has 8 nitrogen and oxygen atoms in total. The maximum absolute atomic E-state index is 12.5. The molecule has 2 aliphatic rings. The Bertz CT molecular complexity index is 776. The van der Waals surface area contributed by atoms with Gasteiger partial charge in [-0.2, -0.15) is 0 Å². The monoisotopic (exact) mass is 587 g/mol. The van der Waals surface area contributed by atoms with Crippen LogP contribution in [0.2, 0.25) is 8.87 Å². The molecule has 0 aliphatic carbocycles. The molecule has 34 heavy (non-hydrogen) atoms. The van der Waals surface area contributed by atoms with Crippen LogP contribution in [0.25, 0.3) is 0 Å². The number of fused-ring (bicyclic) bond motifs is 1. The van der Waals surface area contributed by atoms with E-state index in [1.165, 1.54) is 68.8 Å². The fraction of sp³-hybridized carbons (Fsp3) is 0.840. The third-order valence-electron chi connectivity index (χ3n) is 7.12. The van der Waals surface area contributed by atoms with Crippen LogP contribution in [0.1, 0.15) is 97.1 Å². The molecule has 1 aromatic heterocycles. The molecule has 0 saturated carbocycles. The summed E-state index contributed by atoms with van der Waals surface area (Å²) in [5, 5.41) is 9.99. The van der Waals surface area contributed by atoms with Gasteiger partial charge in [0, 0.05) is 0 Å². The number of aliphatic hydroxyl groups excluding tert-OH is 1. The number of unbranched alkanes of at least 4 members (excludes halogenated alkanes) is 10. The predicted molar refractivity (Wildman–Crippen MR) is 136 cm³/mol. The summed E-state index contributed by atoms with van der Waals surface area (Å²) in [7, 11) is 0. The molecule has 1 aromatic rings. The molecule has 0 spiro atoms. The van der Waals surface area contributed by atoms with Gasteiger partial charge in [0.25, 0.3) is 0 Å². The molecule has 3 heterocycles. The van der Waals surface area contributed by atoms with Crippen LogP contribution < -0.4 is 11.4 Å². The molecule has 194 valence electrons. The average Bonchev–Trinajstić information content (AvgIpc) is 3.34. The molecule has 0 radical (unpaired) electrons. The number of aliphatic hydroxyl groups is 1. The van der Waals surface area contributed by atoms with Crippen LogP contribution in [0.5, 0.6) is 0 Å². The Morgan fingerprint density at radius 3 is 2.06 bits per heavy atom. The van der Waals surface area contributed by atoms with Crippen LogP contribution in [0.3, 0.4) is 0 Å². The summed E-state index contributed by atoms with van der Waals surface area (Å²) < 4.78 is 23.2. The second-order valence-electron chi connectivity index (χ2n) is 9.90. The number of ether oxygens (including phenoxy) is 1. The van der Waals surface area contributed by atoms with Crippen molar-refractivity contribution >= 4 is 25.0 Å². The minimum atomic E-state index is -3.39. The van der Waals surface area contributed by atoms with Gasteiger partial charge in [0.2, 0.25) is 0 Å². The number of nitrogens with two attached hydrogens (primary N) is 1. The van der Waals surface area contributed by atoms with Gasteiger partial charge in [-0.15, -0.1) is 0 Å². The first kappa shape index (κ1) is 27.9. The van der Waals surface area contributed by atoms with Crippen LogP contribution in [0, 0.1) is 0 Å². The molecule has 2 aliphatic heterocycles. The van der Waals surface area contributed by atoms with Crippen molar-refractivity contribution in [2.45, 2.75) is 124 Å². The van der Waals surface area contributed by atoms with Crippen molar-refractivity contribution in [2.75, 3.05) is 12.3 Å². The molecule has 3 rings (SSSR count). The van der Waals surface area contributed by atoms with Crippen molar-refractivity contribution < 1.29 is 16.0 Å². The van der Waals surface area contributed by atoms with E-state index < -0.39 is 37.2 Å². The van der Waals surface area contributed by atoms with Crippen LogP contribution >= 0.6 is 0 Å². The summed E-state index contributed by atoms with van der Waals surface area (Å²) in [6.07, 6.45) is 14.6. The van der Waals surface area contributed by atoms with Crippen molar-refractivity contribution in [1.29, 1.82) is 0 Å². The van der Waals surface area contributed by atoms with Gasteiger partial charge in [0.15, 0.2) is 0 Å². The van der Waals surface area contributed by atoms with Gasteiger partial charge in [-0.05, 0) is 0 Å². The summed E-state index contributed by atoms with van der Waals surface area (Å²) in [6.45, 7) is 4.32. The average molecular weight is 586 g/mol. The number of hydrogen-bond acceptors (Lipinski definition) is 7. The van der Waals surface area contributed by atoms with E-state index in [0.717, 1.165) is 21.7 Å². The maximum atomic E-state index is 12.5. The molecule has 2 fully saturated rings. The molecule has 3 N–H and O–H groups in total.